The first-order valence-electron chi connectivity index (χ1n) is 8.72. The van der Waals surface area contributed by atoms with E-state index >= 15 is 0 Å². The molecular formula is C21H16ClN5O2. The van der Waals surface area contributed by atoms with Gasteiger partial charge in [-0.05, 0) is 30.3 Å². The number of carbonyl (C=O) groups is 1. The molecule has 29 heavy (non-hydrogen) atoms. The zero-order valence-corrected chi connectivity index (χ0v) is 16.1. The van der Waals surface area contributed by atoms with E-state index in [0.29, 0.717) is 22.7 Å². The maximum atomic E-state index is 12.3. The predicted octanol–water partition coefficient (Wildman–Crippen LogP) is 4.05. The summed E-state index contributed by atoms with van der Waals surface area (Å²) in [7, 11) is 1.60. The lowest BCUT2D eigenvalue weighted by Gasteiger charge is -2.04. The Kier molecular flexibility index (Phi) is 5.22. The normalized spacial score (nSPS) is 11.1. The zero-order valence-electron chi connectivity index (χ0n) is 15.4. The number of methoxy groups -OCH3 is 1. The quantitative estimate of drug-likeness (QED) is 0.297. The van der Waals surface area contributed by atoms with Crippen molar-refractivity contribution in [3.63, 3.8) is 0 Å². The molecule has 0 aliphatic rings. The number of rotatable bonds is 5. The van der Waals surface area contributed by atoms with E-state index in [1.807, 2.05) is 54.6 Å². The van der Waals surface area contributed by atoms with Crippen LogP contribution in [0.3, 0.4) is 0 Å². The Labute approximate surface area is 171 Å². The number of fused-ring (bicyclic) bond motifs is 1. The van der Waals surface area contributed by atoms with E-state index in [-0.39, 0.29) is 5.15 Å². The average Bonchev–Trinajstić information content (AvgIpc) is 3.25. The first-order chi connectivity index (χ1) is 14.1. The second kappa shape index (κ2) is 8.12. The number of benzene rings is 2. The van der Waals surface area contributed by atoms with Gasteiger partial charge in [-0.15, -0.1) is 0 Å². The van der Waals surface area contributed by atoms with Gasteiger partial charge in [-0.25, -0.2) is 10.4 Å². The Morgan fingerprint density at radius 2 is 2.00 bits per heavy atom. The van der Waals surface area contributed by atoms with E-state index in [4.69, 9.17) is 16.3 Å². The molecule has 0 spiro atoms. The molecule has 0 bridgehead atoms. The lowest BCUT2D eigenvalue weighted by molar-refractivity contribution is 0.0950. The van der Waals surface area contributed by atoms with Crippen LogP contribution in [0.1, 0.15) is 16.1 Å². The third-order valence-electron chi connectivity index (χ3n) is 4.26. The molecule has 4 rings (SSSR count). The van der Waals surface area contributed by atoms with Crippen molar-refractivity contribution in [2.75, 3.05) is 7.11 Å². The molecule has 0 fully saturated rings. The van der Waals surface area contributed by atoms with Gasteiger partial charge in [0, 0.05) is 16.5 Å². The smallest absolute Gasteiger partial charge is 0.289 e. The number of halogens is 1. The largest absolute Gasteiger partial charge is 0.497 e. The zero-order chi connectivity index (χ0) is 20.2. The molecule has 7 nitrogen and oxygen atoms in total. The minimum absolute atomic E-state index is 0.286. The van der Waals surface area contributed by atoms with Gasteiger partial charge in [-0.1, -0.05) is 41.9 Å². The van der Waals surface area contributed by atoms with Crippen molar-refractivity contribution in [1.82, 2.24) is 20.6 Å². The number of hydrazone groups is 1. The standard InChI is InChI=1S/C21H16ClN5O2/c1-29-16-7-8-17-14(10-16)9-15(20(22)24-17)12-23-27-21(28)19-11-18(25-26-19)13-5-3-2-4-6-13/h2-12H,1H3,(H,25,26)(H,27,28)/b23-12-. The first-order valence-corrected chi connectivity index (χ1v) is 9.10. The lowest BCUT2D eigenvalue weighted by Crippen LogP contribution is -2.18. The summed E-state index contributed by atoms with van der Waals surface area (Å²) in [6.07, 6.45) is 1.45. The van der Waals surface area contributed by atoms with Gasteiger partial charge in [-0.2, -0.15) is 10.2 Å². The van der Waals surface area contributed by atoms with Gasteiger partial charge in [0.05, 0.1) is 24.5 Å². The molecule has 0 aliphatic heterocycles. The second-order valence-electron chi connectivity index (χ2n) is 6.16. The number of H-pyrrole nitrogens is 1. The molecule has 8 heteroatoms. The van der Waals surface area contributed by atoms with E-state index in [2.05, 4.69) is 25.7 Å². The number of nitrogens with one attached hydrogen (secondary N) is 2. The summed E-state index contributed by atoms with van der Waals surface area (Å²) in [4.78, 5) is 16.6. The van der Waals surface area contributed by atoms with Crippen LogP contribution < -0.4 is 10.2 Å². The molecule has 4 aromatic rings. The number of hydrogen-bond donors (Lipinski definition) is 2. The number of amides is 1. The molecular weight excluding hydrogens is 390 g/mol. The van der Waals surface area contributed by atoms with Crippen molar-refractivity contribution < 1.29 is 9.53 Å². The van der Waals surface area contributed by atoms with E-state index in [1.54, 1.807) is 13.2 Å². The van der Waals surface area contributed by atoms with Crippen LogP contribution in [-0.2, 0) is 0 Å². The molecule has 0 saturated heterocycles. The van der Waals surface area contributed by atoms with Crippen molar-refractivity contribution in [3.05, 3.63) is 77.1 Å². The van der Waals surface area contributed by atoms with Crippen molar-refractivity contribution in [1.29, 1.82) is 0 Å². The highest BCUT2D eigenvalue weighted by Crippen LogP contribution is 2.23. The molecule has 0 radical (unpaired) electrons. The van der Waals surface area contributed by atoms with Gasteiger partial charge in [-0.3, -0.25) is 9.89 Å². The van der Waals surface area contributed by atoms with Crippen LogP contribution in [0.4, 0.5) is 0 Å². The summed E-state index contributed by atoms with van der Waals surface area (Å²) >= 11 is 6.22. The van der Waals surface area contributed by atoms with Crippen molar-refractivity contribution in [2.45, 2.75) is 0 Å². The lowest BCUT2D eigenvalue weighted by atomic mass is 10.1. The van der Waals surface area contributed by atoms with E-state index in [1.165, 1.54) is 6.21 Å². The number of carbonyl (C=O) groups excluding carboxylic acids is 1. The Morgan fingerprint density at radius 3 is 2.79 bits per heavy atom. The molecule has 2 heterocycles. The first kappa shape index (κ1) is 18.6. The Hall–Kier alpha value is -3.71. The predicted molar refractivity (Wildman–Crippen MR) is 112 cm³/mol. The van der Waals surface area contributed by atoms with E-state index in [9.17, 15) is 4.79 Å². The van der Waals surface area contributed by atoms with Crippen LogP contribution in [0, 0.1) is 0 Å². The van der Waals surface area contributed by atoms with Gasteiger partial charge in [0.1, 0.15) is 16.6 Å². The summed E-state index contributed by atoms with van der Waals surface area (Å²) in [5.74, 6) is 0.300. The molecule has 0 atom stereocenters. The van der Waals surface area contributed by atoms with Crippen molar-refractivity contribution in [3.8, 4) is 17.0 Å². The summed E-state index contributed by atoms with van der Waals surface area (Å²) in [5.41, 5.74) is 5.66. The van der Waals surface area contributed by atoms with Crippen molar-refractivity contribution in [2.24, 2.45) is 5.10 Å². The molecule has 144 valence electrons. The van der Waals surface area contributed by atoms with Gasteiger partial charge in [0.2, 0.25) is 0 Å². The molecule has 0 unspecified atom stereocenters. The number of hydrogen-bond acceptors (Lipinski definition) is 5. The van der Waals surface area contributed by atoms with Crippen LogP contribution in [0.2, 0.25) is 5.15 Å². The Morgan fingerprint density at radius 1 is 1.17 bits per heavy atom. The SMILES string of the molecule is COc1ccc2nc(Cl)c(/C=N\NC(=O)c3cc(-c4ccccc4)n[nH]3)cc2c1. The minimum atomic E-state index is -0.414. The minimum Gasteiger partial charge on any atom is -0.497 e. The number of aromatic nitrogens is 3. The third kappa shape index (κ3) is 4.09. The maximum Gasteiger partial charge on any atom is 0.289 e. The maximum absolute atomic E-state index is 12.3. The fraction of sp³-hybridized carbons (Fsp3) is 0.0476. The number of ether oxygens (including phenoxy) is 1. The number of nitrogens with zero attached hydrogens (tertiary/aromatic N) is 3. The monoisotopic (exact) mass is 405 g/mol. The molecule has 1 amide bonds. The van der Waals surface area contributed by atoms with Crippen LogP contribution in [0.5, 0.6) is 5.75 Å². The van der Waals surface area contributed by atoms with Gasteiger partial charge < -0.3 is 4.74 Å². The van der Waals surface area contributed by atoms with E-state index in [0.717, 1.165) is 16.5 Å². The molecule has 2 aromatic carbocycles. The molecule has 0 aliphatic carbocycles. The van der Waals surface area contributed by atoms with Gasteiger partial charge in [0.25, 0.3) is 5.91 Å². The summed E-state index contributed by atoms with van der Waals surface area (Å²) in [5, 5.41) is 12.0. The summed E-state index contributed by atoms with van der Waals surface area (Å²) < 4.78 is 5.23. The van der Waals surface area contributed by atoms with E-state index < -0.39 is 5.91 Å². The van der Waals surface area contributed by atoms with Crippen molar-refractivity contribution >= 4 is 34.6 Å². The Bertz CT molecular complexity index is 1200. The van der Waals surface area contributed by atoms with Crippen LogP contribution in [0.15, 0.2) is 65.8 Å². The molecule has 0 saturated carbocycles. The summed E-state index contributed by atoms with van der Waals surface area (Å²) in [6, 6.07) is 18.5. The summed E-state index contributed by atoms with van der Waals surface area (Å²) in [6.45, 7) is 0. The number of pyridine rings is 1. The van der Waals surface area contributed by atoms with Crippen LogP contribution >= 0.6 is 11.6 Å². The topological polar surface area (TPSA) is 92.3 Å². The van der Waals surface area contributed by atoms with Gasteiger partial charge >= 0.3 is 0 Å². The average molecular weight is 406 g/mol. The highest BCUT2D eigenvalue weighted by atomic mass is 35.5. The molecule has 2 aromatic heterocycles. The highest BCUT2D eigenvalue weighted by Gasteiger charge is 2.10. The highest BCUT2D eigenvalue weighted by molar-refractivity contribution is 6.32. The van der Waals surface area contributed by atoms with Crippen LogP contribution in [0.25, 0.3) is 22.2 Å². The van der Waals surface area contributed by atoms with Crippen LogP contribution in [-0.4, -0.2) is 34.4 Å². The Balaban J connectivity index is 1.49. The second-order valence-corrected chi connectivity index (χ2v) is 6.52. The fourth-order valence-electron chi connectivity index (χ4n) is 2.78. The third-order valence-corrected chi connectivity index (χ3v) is 4.57. The number of aromatic amines is 1. The molecule has 2 N–H and O–H groups in total. The van der Waals surface area contributed by atoms with Gasteiger partial charge in [0.15, 0.2) is 0 Å². The fourth-order valence-corrected chi connectivity index (χ4v) is 2.97.